The predicted octanol–water partition coefficient (Wildman–Crippen LogP) is 1.18. The molecule has 17 heavy (non-hydrogen) atoms. The molecule has 1 amide bonds. The fraction of sp³-hybridized carbons (Fsp3) is 0.250. The third kappa shape index (κ3) is 2.98. The molecule has 2 N–H and O–H groups in total. The molecule has 2 aromatic rings. The van der Waals surface area contributed by atoms with Crippen molar-refractivity contribution in [3.63, 3.8) is 0 Å². The Morgan fingerprint density at radius 1 is 1.24 bits per heavy atom. The number of rotatable bonds is 4. The van der Waals surface area contributed by atoms with E-state index in [1.54, 1.807) is 12.4 Å². The quantitative estimate of drug-likeness (QED) is 0.827. The van der Waals surface area contributed by atoms with Crippen LogP contribution in [-0.4, -0.2) is 29.5 Å². The zero-order valence-corrected chi connectivity index (χ0v) is 9.60. The Bertz CT molecular complexity index is 527. The van der Waals surface area contributed by atoms with Crippen LogP contribution in [0.3, 0.4) is 0 Å². The summed E-state index contributed by atoms with van der Waals surface area (Å²) in [5.41, 5.74) is 2.35. The van der Waals surface area contributed by atoms with E-state index in [0.717, 1.165) is 16.7 Å². The molecule has 0 aliphatic carbocycles. The van der Waals surface area contributed by atoms with Gasteiger partial charge >= 0.3 is 0 Å². The summed E-state index contributed by atoms with van der Waals surface area (Å²) in [7, 11) is 1.82. The molecule has 0 radical (unpaired) electrons. The van der Waals surface area contributed by atoms with Crippen molar-refractivity contribution in [2.24, 2.45) is 0 Å². The Balaban J connectivity index is 2.11. The first-order chi connectivity index (χ1) is 8.29. The Labute approximate surface area is 99.3 Å². The van der Waals surface area contributed by atoms with E-state index in [1.165, 1.54) is 0 Å². The summed E-state index contributed by atoms with van der Waals surface area (Å²) in [4.78, 5) is 19.9. The van der Waals surface area contributed by atoms with Gasteiger partial charge in [0.05, 0.1) is 11.0 Å². The van der Waals surface area contributed by atoms with Gasteiger partial charge in [-0.3, -0.25) is 14.8 Å². The van der Waals surface area contributed by atoms with Crippen LogP contribution in [0.1, 0.15) is 6.42 Å². The highest BCUT2D eigenvalue weighted by atomic mass is 16.1. The molecule has 0 aliphatic rings. The molecule has 0 spiro atoms. The van der Waals surface area contributed by atoms with E-state index in [0.29, 0.717) is 13.0 Å². The first-order valence-corrected chi connectivity index (χ1v) is 5.45. The van der Waals surface area contributed by atoms with E-state index in [1.807, 2.05) is 25.2 Å². The van der Waals surface area contributed by atoms with Crippen molar-refractivity contribution in [1.29, 1.82) is 0 Å². The van der Waals surface area contributed by atoms with E-state index >= 15 is 0 Å². The Morgan fingerprint density at radius 2 is 2.00 bits per heavy atom. The molecule has 2 rings (SSSR count). The minimum Gasteiger partial charge on any atom is -0.326 e. The molecule has 1 heterocycles. The monoisotopic (exact) mass is 230 g/mol. The zero-order chi connectivity index (χ0) is 12.1. The summed E-state index contributed by atoms with van der Waals surface area (Å²) in [5, 5.41) is 5.75. The van der Waals surface area contributed by atoms with Crippen molar-refractivity contribution >= 4 is 22.6 Å². The van der Waals surface area contributed by atoms with Gasteiger partial charge in [0.25, 0.3) is 0 Å². The molecule has 0 saturated carbocycles. The summed E-state index contributed by atoms with van der Waals surface area (Å²) in [6.07, 6.45) is 3.73. The number of nitrogens with zero attached hydrogens (tertiary/aromatic N) is 2. The van der Waals surface area contributed by atoms with Crippen molar-refractivity contribution in [2.45, 2.75) is 6.42 Å². The van der Waals surface area contributed by atoms with Crippen molar-refractivity contribution in [2.75, 3.05) is 18.9 Å². The van der Waals surface area contributed by atoms with E-state index in [2.05, 4.69) is 20.6 Å². The molecule has 0 saturated heterocycles. The molecule has 0 bridgehead atoms. The van der Waals surface area contributed by atoms with Crippen LogP contribution >= 0.6 is 0 Å². The average molecular weight is 230 g/mol. The van der Waals surface area contributed by atoms with E-state index in [-0.39, 0.29) is 5.91 Å². The smallest absolute Gasteiger partial charge is 0.225 e. The Kier molecular flexibility index (Phi) is 3.62. The van der Waals surface area contributed by atoms with Gasteiger partial charge in [0.2, 0.25) is 5.91 Å². The number of anilines is 1. The third-order valence-electron chi connectivity index (χ3n) is 2.36. The molecular weight excluding hydrogens is 216 g/mol. The lowest BCUT2D eigenvalue weighted by atomic mass is 10.2. The fourth-order valence-electron chi connectivity index (χ4n) is 1.50. The standard InChI is InChI=1S/C12H14N4O/c1-13-5-4-12(17)16-9-2-3-10-11(8-9)15-7-6-14-10/h2-3,6-8,13H,4-5H2,1H3,(H,16,17). The van der Waals surface area contributed by atoms with E-state index in [9.17, 15) is 4.79 Å². The number of benzene rings is 1. The predicted molar refractivity (Wildman–Crippen MR) is 66.7 cm³/mol. The first-order valence-electron chi connectivity index (χ1n) is 5.45. The van der Waals surface area contributed by atoms with Crippen LogP contribution in [0.15, 0.2) is 30.6 Å². The number of carbonyl (C=O) groups is 1. The van der Waals surface area contributed by atoms with Crippen LogP contribution in [0.4, 0.5) is 5.69 Å². The molecule has 5 heteroatoms. The van der Waals surface area contributed by atoms with Gasteiger partial charge in [-0.25, -0.2) is 0 Å². The lowest BCUT2D eigenvalue weighted by Crippen LogP contribution is -2.18. The van der Waals surface area contributed by atoms with Gasteiger partial charge in [-0.15, -0.1) is 0 Å². The molecule has 0 fully saturated rings. The largest absolute Gasteiger partial charge is 0.326 e. The van der Waals surface area contributed by atoms with Gasteiger partial charge in [-0.2, -0.15) is 0 Å². The molecule has 1 aromatic heterocycles. The Morgan fingerprint density at radius 3 is 2.76 bits per heavy atom. The minimum atomic E-state index is -0.0115. The van der Waals surface area contributed by atoms with Gasteiger partial charge in [0.1, 0.15) is 0 Å². The summed E-state index contributed by atoms with van der Waals surface area (Å²) in [6.45, 7) is 0.666. The summed E-state index contributed by atoms with van der Waals surface area (Å²) in [5.74, 6) is -0.0115. The molecule has 88 valence electrons. The highest BCUT2D eigenvalue weighted by molar-refractivity contribution is 5.92. The molecule has 0 aliphatic heterocycles. The van der Waals surface area contributed by atoms with Crippen LogP contribution in [0.5, 0.6) is 0 Å². The second kappa shape index (κ2) is 5.36. The number of hydrogen-bond acceptors (Lipinski definition) is 4. The molecule has 0 atom stereocenters. The fourth-order valence-corrected chi connectivity index (χ4v) is 1.50. The minimum absolute atomic E-state index is 0.0115. The maximum atomic E-state index is 11.5. The van der Waals surface area contributed by atoms with Crippen molar-refractivity contribution < 1.29 is 4.79 Å². The topological polar surface area (TPSA) is 66.9 Å². The number of fused-ring (bicyclic) bond motifs is 1. The lowest BCUT2D eigenvalue weighted by molar-refractivity contribution is -0.116. The van der Waals surface area contributed by atoms with Gasteiger partial charge in [-0.1, -0.05) is 0 Å². The highest BCUT2D eigenvalue weighted by Gasteiger charge is 2.02. The molecule has 5 nitrogen and oxygen atoms in total. The number of hydrogen-bond donors (Lipinski definition) is 2. The number of nitrogens with one attached hydrogen (secondary N) is 2. The first kappa shape index (κ1) is 11.5. The van der Waals surface area contributed by atoms with Gasteiger partial charge in [0, 0.05) is 31.0 Å². The van der Waals surface area contributed by atoms with Crippen molar-refractivity contribution in [3.8, 4) is 0 Å². The summed E-state index contributed by atoms with van der Waals surface area (Å²) in [6, 6.07) is 5.49. The maximum absolute atomic E-state index is 11.5. The lowest BCUT2D eigenvalue weighted by Gasteiger charge is -2.05. The van der Waals surface area contributed by atoms with Crippen LogP contribution in [-0.2, 0) is 4.79 Å². The van der Waals surface area contributed by atoms with Crippen molar-refractivity contribution in [3.05, 3.63) is 30.6 Å². The van der Waals surface area contributed by atoms with Gasteiger partial charge < -0.3 is 10.6 Å². The second-order valence-electron chi connectivity index (χ2n) is 3.66. The third-order valence-corrected chi connectivity index (χ3v) is 2.36. The second-order valence-corrected chi connectivity index (χ2v) is 3.66. The van der Waals surface area contributed by atoms with Crippen molar-refractivity contribution in [1.82, 2.24) is 15.3 Å². The highest BCUT2D eigenvalue weighted by Crippen LogP contribution is 2.14. The Hall–Kier alpha value is -2.01. The van der Waals surface area contributed by atoms with Gasteiger partial charge in [-0.05, 0) is 25.2 Å². The molecule has 0 unspecified atom stereocenters. The van der Waals surface area contributed by atoms with Crippen LogP contribution in [0.2, 0.25) is 0 Å². The number of amides is 1. The molecule has 1 aromatic carbocycles. The zero-order valence-electron chi connectivity index (χ0n) is 9.60. The summed E-state index contributed by atoms with van der Waals surface area (Å²) >= 11 is 0. The van der Waals surface area contributed by atoms with E-state index < -0.39 is 0 Å². The van der Waals surface area contributed by atoms with Crippen LogP contribution < -0.4 is 10.6 Å². The van der Waals surface area contributed by atoms with Crippen LogP contribution in [0.25, 0.3) is 11.0 Å². The van der Waals surface area contributed by atoms with Gasteiger partial charge in [0.15, 0.2) is 0 Å². The van der Waals surface area contributed by atoms with Crippen LogP contribution in [0, 0.1) is 0 Å². The average Bonchev–Trinajstić information content (AvgIpc) is 2.36. The normalized spacial score (nSPS) is 10.4. The summed E-state index contributed by atoms with van der Waals surface area (Å²) < 4.78 is 0. The number of aromatic nitrogens is 2. The SMILES string of the molecule is CNCCC(=O)Nc1ccc2nccnc2c1. The van der Waals surface area contributed by atoms with E-state index in [4.69, 9.17) is 0 Å². The maximum Gasteiger partial charge on any atom is 0.225 e. The molecular formula is C12H14N4O. The number of carbonyl (C=O) groups excluding carboxylic acids is 1.